The first-order valence-electron chi connectivity index (χ1n) is 8.15. The number of hydrogen-bond donors (Lipinski definition) is 0. The summed E-state index contributed by atoms with van der Waals surface area (Å²) < 4.78 is 1.10. The fourth-order valence-electron chi connectivity index (χ4n) is 3.73. The SMILES string of the molecule is Brc1cccc2nc3ccccc3c(N3CCc4ccccc43)c12. The summed E-state index contributed by atoms with van der Waals surface area (Å²) in [5.41, 5.74) is 6.06. The number of benzene rings is 3. The second-order valence-corrected chi connectivity index (χ2v) is 7.00. The van der Waals surface area contributed by atoms with Crippen LogP contribution in [0.15, 0.2) is 71.2 Å². The molecule has 0 saturated carbocycles. The van der Waals surface area contributed by atoms with Gasteiger partial charge in [0.25, 0.3) is 0 Å². The maximum absolute atomic E-state index is 4.87. The van der Waals surface area contributed by atoms with Gasteiger partial charge in [0.15, 0.2) is 0 Å². The van der Waals surface area contributed by atoms with Crippen LogP contribution >= 0.6 is 15.9 Å². The smallest absolute Gasteiger partial charge is 0.0742 e. The molecular weight excluding hydrogens is 360 g/mol. The maximum Gasteiger partial charge on any atom is 0.0742 e. The van der Waals surface area contributed by atoms with E-state index in [9.17, 15) is 0 Å². The summed E-state index contributed by atoms with van der Waals surface area (Å²) in [6.07, 6.45) is 1.08. The predicted octanol–water partition coefficient (Wildman–Crippen LogP) is 5.84. The fraction of sp³-hybridized carbons (Fsp3) is 0.0952. The molecule has 3 heteroatoms. The zero-order valence-corrected chi connectivity index (χ0v) is 14.6. The fourth-order valence-corrected chi connectivity index (χ4v) is 4.27. The van der Waals surface area contributed by atoms with Gasteiger partial charge in [0.05, 0.1) is 16.7 Å². The molecule has 0 unspecified atom stereocenters. The Morgan fingerprint density at radius 2 is 1.62 bits per heavy atom. The number of fused-ring (bicyclic) bond motifs is 3. The Hall–Kier alpha value is -2.39. The molecule has 5 rings (SSSR count). The molecule has 0 radical (unpaired) electrons. The van der Waals surface area contributed by atoms with E-state index in [0.717, 1.165) is 28.5 Å². The van der Waals surface area contributed by atoms with Gasteiger partial charge >= 0.3 is 0 Å². The second kappa shape index (κ2) is 5.32. The number of halogens is 1. The average Bonchev–Trinajstić information content (AvgIpc) is 3.04. The van der Waals surface area contributed by atoms with Gasteiger partial charge in [-0.05, 0) is 36.2 Å². The molecule has 1 aliphatic heterocycles. The minimum atomic E-state index is 1.00. The summed E-state index contributed by atoms with van der Waals surface area (Å²) in [5, 5.41) is 2.39. The molecule has 0 saturated heterocycles. The number of pyridine rings is 1. The maximum atomic E-state index is 4.87. The Bertz CT molecular complexity index is 1090. The normalized spacial score (nSPS) is 13.6. The van der Waals surface area contributed by atoms with E-state index in [4.69, 9.17) is 4.98 Å². The van der Waals surface area contributed by atoms with Crippen molar-refractivity contribution < 1.29 is 0 Å². The van der Waals surface area contributed by atoms with E-state index in [1.165, 1.54) is 27.7 Å². The number of para-hydroxylation sites is 2. The Balaban J connectivity index is 1.92. The van der Waals surface area contributed by atoms with Crippen LogP contribution in [0.25, 0.3) is 21.8 Å². The molecule has 1 aliphatic rings. The van der Waals surface area contributed by atoms with Crippen LogP contribution in [-0.2, 0) is 6.42 Å². The Labute approximate surface area is 148 Å². The van der Waals surface area contributed by atoms with Gasteiger partial charge in [-0.1, -0.05) is 58.4 Å². The van der Waals surface area contributed by atoms with Crippen LogP contribution in [0, 0.1) is 0 Å². The van der Waals surface area contributed by atoms with Crippen LogP contribution in [0.3, 0.4) is 0 Å². The van der Waals surface area contributed by atoms with Gasteiger partial charge in [-0.2, -0.15) is 0 Å². The van der Waals surface area contributed by atoms with Crippen molar-refractivity contribution in [3.63, 3.8) is 0 Å². The topological polar surface area (TPSA) is 16.1 Å². The standard InChI is InChI=1S/C21H15BrN2/c22-16-8-5-10-18-20(16)21(15-7-2-3-9-17(15)23-18)24-13-12-14-6-1-4-11-19(14)24/h1-11H,12-13H2. The summed E-state index contributed by atoms with van der Waals surface area (Å²) in [5.74, 6) is 0. The third kappa shape index (κ3) is 1.98. The Kier molecular flexibility index (Phi) is 3.10. The van der Waals surface area contributed by atoms with Crippen LogP contribution < -0.4 is 4.90 Å². The largest absolute Gasteiger partial charge is 0.340 e. The number of aromatic nitrogens is 1. The van der Waals surface area contributed by atoms with Crippen LogP contribution in [0.4, 0.5) is 11.4 Å². The molecule has 0 atom stereocenters. The Morgan fingerprint density at radius 3 is 2.58 bits per heavy atom. The van der Waals surface area contributed by atoms with E-state index in [-0.39, 0.29) is 0 Å². The first-order valence-corrected chi connectivity index (χ1v) is 8.94. The quantitative estimate of drug-likeness (QED) is 0.388. The van der Waals surface area contributed by atoms with Gasteiger partial charge in [0, 0.05) is 27.5 Å². The zero-order valence-electron chi connectivity index (χ0n) is 13.0. The van der Waals surface area contributed by atoms with Crippen molar-refractivity contribution in [2.75, 3.05) is 11.4 Å². The lowest BCUT2D eigenvalue weighted by molar-refractivity contribution is 1.01. The third-order valence-electron chi connectivity index (χ3n) is 4.79. The molecule has 0 fully saturated rings. The molecule has 4 aromatic rings. The van der Waals surface area contributed by atoms with Crippen LogP contribution in [0.5, 0.6) is 0 Å². The molecule has 0 bridgehead atoms. The summed E-state index contributed by atoms with van der Waals surface area (Å²) in [7, 11) is 0. The molecule has 24 heavy (non-hydrogen) atoms. The summed E-state index contributed by atoms with van der Waals surface area (Å²) in [6, 6.07) is 23.4. The van der Waals surface area contributed by atoms with Gasteiger partial charge in [-0.3, -0.25) is 0 Å². The second-order valence-electron chi connectivity index (χ2n) is 6.14. The zero-order chi connectivity index (χ0) is 16.1. The number of nitrogens with zero attached hydrogens (tertiary/aromatic N) is 2. The van der Waals surface area contributed by atoms with E-state index in [1.807, 2.05) is 0 Å². The highest BCUT2D eigenvalue weighted by atomic mass is 79.9. The molecule has 0 spiro atoms. The molecule has 0 aliphatic carbocycles. The first-order chi connectivity index (χ1) is 11.8. The lowest BCUT2D eigenvalue weighted by atomic mass is 10.1. The van der Waals surface area contributed by atoms with Gasteiger partial charge < -0.3 is 4.90 Å². The summed E-state index contributed by atoms with van der Waals surface area (Å²) >= 11 is 3.75. The van der Waals surface area contributed by atoms with E-state index in [2.05, 4.69) is 87.6 Å². The minimum absolute atomic E-state index is 1.00. The van der Waals surface area contributed by atoms with Crippen LogP contribution in [0.2, 0.25) is 0 Å². The van der Waals surface area contributed by atoms with Crippen molar-refractivity contribution in [1.82, 2.24) is 4.98 Å². The first kappa shape index (κ1) is 14.0. The monoisotopic (exact) mass is 374 g/mol. The molecule has 3 aromatic carbocycles. The van der Waals surface area contributed by atoms with E-state index in [0.29, 0.717) is 0 Å². The summed E-state index contributed by atoms with van der Waals surface area (Å²) in [6.45, 7) is 1.00. The Morgan fingerprint density at radius 1 is 0.833 bits per heavy atom. The lowest BCUT2D eigenvalue weighted by Gasteiger charge is -2.24. The summed E-state index contributed by atoms with van der Waals surface area (Å²) in [4.78, 5) is 7.32. The minimum Gasteiger partial charge on any atom is -0.340 e. The number of anilines is 2. The molecular formula is C21H15BrN2. The molecule has 2 nitrogen and oxygen atoms in total. The van der Waals surface area contributed by atoms with Crippen LogP contribution in [0.1, 0.15) is 5.56 Å². The predicted molar refractivity (Wildman–Crippen MR) is 104 cm³/mol. The van der Waals surface area contributed by atoms with E-state index < -0.39 is 0 Å². The number of rotatable bonds is 1. The molecule has 2 heterocycles. The molecule has 0 N–H and O–H groups in total. The molecule has 0 amide bonds. The van der Waals surface area contributed by atoms with Crippen molar-refractivity contribution >= 4 is 49.1 Å². The lowest BCUT2D eigenvalue weighted by Crippen LogP contribution is -2.14. The highest BCUT2D eigenvalue weighted by Crippen LogP contribution is 2.43. The highest BCUT2D eigenvalue weighted by molar-refractivity contribution is 9.10. The van der Waals surface area contributed by atoms with Crippen molar-refractivity contribution in [3.8, 4) is 0 Å². The molecule has 1 aromatic heterocycles. The van der Waals surface area contributed by atoms with Gasteiger partial charge in [-0.15, -0.1) is 0 Å². The third-order valence-corrected chi connectivity index (χ3v) is 5.45. The average molecular weight is 375 g/mol. The number of hydrogen-bond acceptors (Lipinski definition) is 2. The van der Waals surface area contributed by atoms with Gasteiger partial charge in [0.2, 0.25) is 0 Å². The van der Waals surface area contributed by atoms with Gasteiger partial charge in [-0.25, -0.2) is 4.98 Å². The highest BCUT2D eigenvalue weighted by Gasteiger charge is 2.24. The molecule has 116 valence electrons. The van der Waals surface area contributed by atoms with E-state index in [1.54, 1.807) is 0 Å². The van der Waals surface area contributed by atoms with Crippen molar-refractivity contribution in [2.45, 2.75) is 6.42 Å². The van der Waals surface area contributed by atoms with Crippen molar-refractivity contribution in [3.05, 3.63) is 76.8 Å². The van der Waals surface area contributed by atoms with Crippen molar-refractivity contribution in [1.29, 1.82) is 0 Å². The van der Waals surface area contributed by atoms with E-state index >= 15 is 0 Å². The van der Waals surface area contributed by atoms with Crippen molar-refractivity contribution in [2.24, 2.45) is 0 Å². The van der Waals surface area contributed by atoms with Gasteiger partial charge in [0.1, 0.15) is 0 Å². The van der Waals surface area contributed by atoms with Crippen LogP contribution in [-0.4, -0.2) is 11.5 Å².